The monoisotopic (exact) mass is 252 g/mol. The molecule has 0 radical (unpaired) electrons. The Kier molecular flexibility index (Phi) is 4.91. The Hall–Kier alpha value is -1.82. The molecule has 1 rings (SSSR count). The van der Waals surface area contributed by atoms with Crippen molar-refractivity contribution in [2.75, 3.05) is 24.8 Å². The van der Waals surface area contributed by atoms with Crippen LogP contribution in [0.4, 0.5) is 11.5 Å². The van der Waals surface area contributed by atoms with Crippen molar-refractivity contribution in [1.82, 2.24) is 4.98 Å². The second-order valence-electron chi connectivity index (χ2n) is 4.47. The molecular weight excluding hydrogens is 232 g/mol. The molecule has 5 N–H and O–H groups in total. The van der Waals surface area contributed by atoms with Gasteiger partial charge in [0.15, 0.2) is 0 Å². The van der Waals surface area contributed by atoms with Crippen molar-refractivity contribution in [3.05, 3.63) is 17.8 Å². The minimum Gasteiger partial charge on any atom is -0.397 e. The lowest BCUT2D eigenvalue weighted by molar-refractivity contribution is 0.100. The normalized spacial score (nSPS) is 12.4. The Bertz CT molecular complexity index is 421. The molecule has 0 aromatic carbocycles. The summed E-state index contributed by atoms with van der Waals surface area (Å²) in [5.74, 6) is 0.362. The molecule has 0 aliphatic rings. The Morgan fingerprint density at radius 1 is 1.56 bits per heavy atom. The van der Waals surface area contributed by atoms with Crippen LogP contribution in [0, 0.1) is 5.92 Å². The van der Waals surface area contributed by atoms with Gasteiger partial charge in [0.1, 0.15) is 5.82 Å². The second kappa shape index (κ2) is 6.20. The molecule has 1 unspecified atom stereocenters. The molecule has 0 aliphatic heterocycles. The molecule has 0 fully saturated rings. The quantitative estimate of drug-likeness (QED) is 0.696. The molecule has 1 aromatic heterocycles. The molecule has 0 bridgehead atoms. The average Bonchev–Trinajstić information content (AvgIpc) is 2.30. The third-order valence-electron chi connectivity index (χ3n) is 2.68. The first-order valence-corrected chi connectivity index (χ1v) is 5.76. The molecule has 6 heteroatoms. The first kappa shape index (κ1) is 14.2. The van der Waals surface area contributed by atoms with Crippen LogP contribution in [0.5, 0.6) is 0 Å². The highest BCUT2D eigenvalue weighted by Gasteiger charge is 2.15. The largest absolute Gasteiger partial charge is 0.397 e. The average molecular weight is 252 g/mol. The summed E-state index contributed by atoms with van der Waals surface area (Å²) in [4.78, 5) is 15.3. The highest BCUT2D eigenvalue weighted by atomic mass is 16.5. The maximum absolute atomic E-state index is 11.2. The van der Waals surface area contributed by atoms with Gasteiger partial charge in [0.2, 0.25) is 0 Å². The van der Waals surface area contributed by atoms with Crippen molar-refractivity contribution < 1.29 is 9.53 Å². The number of nitrogens with one attached hydrogen (secondary N) is 1. The molecule has 0 aliphatic carbocycles. The van der Waals surface area contributed by atoms with Crippen LogP contribution in [0.15, 0.2) is 12.3 Å². The molecule has 6 nitrogen and oxygen atoms in total. The van der Waals surface area contributed by atoms with Gasteiger partial charge >= 0.3 is 0 Å². The lowest BCUT2D eigenvalue weighted by Gasteiger charge is -2.22. The zero-order chi connectivity index (χ0) is 13.7. The number of methoxy groups -OCH3 is 1. The molecule has 0 saturated heterocycles. The fourth-order valence-electron chi connectivity index (χ4n) is 1.53. The lowest BCUT2D eigenvalue weighted by Crippen LogP contribution is -2.31. The van der Waals surface area contributed by atoms with E-state index in [1.165, 1.54) is 6.20 Å². The van der Waals surface area contributed by atoms with Crippen LogP contribution < -0.4 is 16.8 Å². The minimum atomic E-state index is -0.564. The van der Waals surface area contributed by atoms with Gasteiger partial charge in [0.05, 0.1) is 30.1 Å². The van der Waals surface area contributed by atoms with Crippen molar-refractivity contribution in [2.24, 2.45) is 11.7 Å². The lowest BCUT2D eigenvalue weighted by atomic mass is 10.1. The van der Waals surface area contributed by atoms with Gasteiger partial charge in [-0.2, -0.15) is 0 Å². The number of rotatable bonds is 6. The Labute approximate surface area is 107 Å². The summed E-state index contributed by atoms with van der Waals surface area (Å²) in [5, 5.41) is 3.20. The highest BCUT2D eigenvalue weighted by molar-refractivity contribution is 5.98. The number of nitrogens with two attached hydrogens (primary N) is 2. The van der Waals surface area contributed by atoms with Gasteiger partial charge in [-0.1, -0.05) is 13.8 Å². The zero-order valence-corrected chi connectivity index (χ0v) is 10.9. The maximum atomic E-state index is 11.2. The molecular formula is C12H20N4O2. The topological polar surface area (TPSA) is 103 Å². The number of hydrogen-bond donors (Lipinski definition) is 3. The van der Waals surface area contributed by atoms with E-state index >= 15 is 0 Å². The first-order valence-electron chi connectivity index (χ1n) is 5.76. The van der Waals surface area contributed by atoms with Gasteiger partial charge in [-0.05, 0) is 12.0 Å². The summed E-state index contributed by atoms with van der Waals surface area (Å²) >= 11 is 0. The molecule has 1 amide bonds. The predicted octanol–water partition coefficient (Wildman–Crippen LogP) is 0.846. The molecule has 0 saturated carbocycles. The number of amides is 1. The number of pyridine rings is 1. The molecule has 1 heterocycles. The molecule has 1 aromatic rings. The van der Waals surface area contributed by atoms with Crippen LogP contribution in [0.3, 0.4) is 0 Å². The number of carbonyl (C=O) groups is 1. The van der Waals surface area contributed by atoms with Gasteiger partial charge in [-0.3, -0.25) is 4.79 Å². The van der Waals surface area contributed by atoms with E-state index in [1.54, 1.807) is 13.2 Å². The van der Waals surface area contributed by atoms with Crippen LogP contribution in [-0.2, 0) is 4.74 Å². The highest BCUT2D eigenvalue weighted by Crippen LogP contribution is 2.16. The number of ether oxygens (including phenoxy) is 1. The van der Waals surface area contributed by atoms with Crippen molar-refractivity contribution in [3.63, 3.8) is 0 Å². The summed E-state index contributed by atoms with van der Waals surface area (Å²) in [7, 11) is 1.64. The van der Waals surface area contributed by atoms with E-state index in [-0.39, 0.29) is 17.3 Å². The SMILES string of the molecule is COCC(Nc1cc(C(N)=O)c(N)cn1)C(C)C. The van der Waals surface area contributed by atoms with E-state index in [4.69, 9.17) is 16.2 Å². The van der Waals surface area contributed by atoms with E-state index in [9.17, 15) is 4.79 Å². The van der Waals surface area contributed by atoms with E-state index in [2.05, 4.69) is 24.1 Å². The summed E-state index contributed by atoms with van der Waals surface area (Å²) in [5.41, 5.74) is 11.4. The van der Waals surface area contributed by atoms with Crippen molar-refractivity contribution in [3.8, 4) is 0 Å². The number of nitrogens with zero attached hydrogens (tertiary/aromatic N) is 1. The van der Waals surface area contributed by atoms with Gasteiger partial charge in [0.25, 0.3) is 5.91 Å². The van der Waals surface area contributed by atoms with Crippen LogP contribution in [0.25, 0.3) is 0 Å². The Balaban J connectivity index is 2.89. The summed E-state index contributed by atoms with van der Waals surface area (Å²) in [6, 6.07) is 1.66. The smallest absolute Gasteiger partial charge is 0.250 e. The molecule has 100 valence electrons. The van der Waals surface area contributed by atoms with Crippen LogP contribution in [-0.4, -0.2) is 30.6 Å². The minimum absolute atomic E-state index is 0.104. The Morgan fingerprint density at radius 3 is 2.72 bits per heavy atom. The predicted molar refractivity (Wildman–Crippen MR) is 71.3 cm³/mol. The second-order valence-corrected chi connectivity index (χ2v) is 4.47. The number of nitrogen functional groups attached to an aromatic ring is 1. The molecule has 18 heavy (non-hydrogen) atoms. The van der Waals surface area contributed by atoms with E-state index < -0.39 is 5.91 Å². The number of anilines is 2. The molecule has 0 spiro atoms. The summed E-state index contributed by atoms with van der Waals surface area (Å²) < 4.78 is 5.13. The fraction of sp³-hybridized carbons (Fsp3) is 0.500. The number of aromatic nitrogens is 1. The standard InChI is InChI=1S/C12H20N4O2/c1-7(2)10(6-18-3)16-11-4-8(12(14)17)9(13)5-15-11/h4-5,7,10H,6,13H2,1-3H3,(H2,14,17)(H,15,16). The summed E-state index contributed by atoms with van der Waals surface area (Å²) in [6.45, 7) is 4.70. The maximum Gasteiger partial charge on any atom is 0.250 e. The number of carbonyl (C=O) groups excluding carboxylic acids is 1. The van der Waals surface area contributed by atoms with E-state index in [0.29, 0.717) is 18.3 Å². The van der Waals surface area contributed by atoms with Crippen molar-refractivity contribution in [1.29, 1.82) is 0 Å². The Morgan fingerprint density at radius 2 is 2.22 bits per heavy atom. The van der Waals surface area contributed by atoms with E-state index in [1.807, 2.05) is 0 Å². The molecule has 1 atom stereocenters. The van der Waals surface area contributed by atoms with Crippen LogP contribution >= 0.6 is 0 Å². The van der Waals surface area contributed by atoms with Gasteiger partial charge in [-0.15, -0.1) is 0 Å². The van der Waals surface area contributed by atoms with Crippen molar-refractivity contribution in [2.45, 2.75) is 19.9 Å². The van der Waals surface area contributed by atoms with Crippen LogP contribution in [0.1, 0.15) is 24.2 Å². The zero-order valence-electron chi connectivity index (χ0n) is 10.9. The first-order chi connectivity index (χ1) is 8.45. The third-order valence-corrected chi connectivity index (χ3v) is 2.68. The summed E-state index contributed by atoms with van der Waals surface area (Å²) in [6.07, 6.45) is 1.42. The fourth-order valence-corrected chi connectivity index (χ4v) is 1.53. The van der Waals surface area contributed by atoms with Gasteiger partial charge < -0.3 is 21.5 Å². The van der Waals surface area contributed by atoms with Gasteiger partial charge in [-0.25, -0.2) is 4.98 Å². The number of primary amides is 1. The number of hydrogen-bond acceptors (Lipinski definition) is 5. The third kappa shape index (κ3) is 3.59. The van der Waals surface area contributed by atoms with Crippen molar-refractivity contribution >= 4 is 17.4 Å². The van der Waals surface area contributed by atoms with E-state index in [0.717, 1.165) is 0 Å². The van der Waals surface area contributed by atoms with Crippen LogP contribution in [0.2, 0.25) is 0 Å². The van der Waals surface area contributed by atoms with Gasteiger partial charge in [0, 0.05) is 7.11 Å².